The minimum absolute atomic E-state index is 0.0115. The van der Waals surface area contributed by atoms with Gasteiger partial charge in [-0.2, -0.15) is 0 Å². The van der Waals surface area contributed by atoms with Crippen molar-refractivity contribution in [2.75, 3.05) is 23.7 Å². The molecule has 0 aromatic heterocycles. The zero-order valence-electron chi connectivity index (χ0n) is 20.4. The highest BCUT2D eigenvalue weighted by atomic mass is 35.5. The van der Waals surface area contributed by atoms with Gasteiger partial charge in [-0.25, -0.2) is 8.42 Å². The first-order valence-electron chi connectivity index (χ1n) is 11.1. The Labute approximate surface area is 217 Å². The van der Waals surface area contributed by atoms with Crippen molar-refractivity contribution in [3.05, 3.63) is 58.1 Å². The average molecular weight is 545 g/mol. The molecule has 192 valence electrons. The highest BCUT2D eigenvalue weighted by molar-refractivity contribution is 7.92. The molecule has 1 N–H and O–H groups in total. The van der Waals surface area contributed by atoms with Gasteiger partial charge in [0, 0.05) is 22.6 Å². The number of nitrogens with zero attached hydrogens (tertiary/aromatic N) is 2. The van der Waals surface area contributed by atoms with Crippen LogP contribution in [0.1, 0.15) is 33.3 Å². The van der Waals surface area contributed by atoms with E-state index in [9.17, 15) is 18.0 Å². The Kier molecular flexibility index (Phi) is 10.2. The fourth-order valence-corrected chi connectivity index (χ4v) is 4.63. The number of nitrogens with one attached hydrogen (secondary N) is 1. The number of hydrogen-bond donors (Lipinski definition) is 1. The summed E-state index contributed by atoms with van der Waals surface area (Å²) < 4.78 is 31.6. The van der Waals surface area contributed by atoms with Gasteiger partial charge < -0.3 is 15.0 Å². The zero-order valence-corrected chi connectivity index (χ0v) is 22.7. The Morgan fingerprint density at radius 2 is 1.69 bits per heavy atom. The molecular weight excluding hydrogens is 513 g/mol. The van der Waals surface area contributed by atoms with Gasteiger partial charge in [0.05, 0.1) is 18.6 Å². The normalized spacial score (nSPS) is 12.2. The van der Waals surface area contributed by atoms with Crippen molar-refractivity contribution >= 4 is 50.7 Å². The van der Waals surface area contributed by atoms with Crippen molar-refractivity contribution in [1.82, 2.24) is 10.2 Å². The van der Waals surface area contributed by atoms with Gasteiger partial charge in [0.1, 0.15) is 18.3 Å². The number of halogens is 2. The van der Waals surface area contributed by atoms with Gasteiger partial charge in [-0.15, -0.1) is 0 Å². The van der Waals surface area contributed by atoms with Crippen molar-refractivity contribution in [3.63, 3.8) is 0 Å². The van der Waals surface area contributed by atoms with Gasteiger partial charge in [0.25, 0.3) is 0 Å². The molecule has 2 amide bonds. The lowest BCUT2D eigenvalue weighted by atomic mass is 10.1. The van der Waals surface area contributed by atoms with Gasteiger partial charge in [-0.05, 0) is 69.7 Å². The van der Waals surface area contributed by atoms with Crippen molar-refractivity contribution in [2.24, 2.45) is 0 Å². The van der Waals surface area contributed by atoms with Crippen LogP contribution in [0.4, 0.5) is 5.69 Å². The Morgan fingerprint density at radius 1 is 1.06 bits per heavy atom. The minimum Gasteiger partial charge on any atom is -0.494 e. The number of ether oxygens (including phenoxy) is 1. The van der Waals surface area contributed by atoms with E-state index >= 15 is 0 Å². The van der Waals surface area contributed by atoms with E-state index in [1.165, 1.54) is 4.90 Å². The van der Waals surface area contributed by atoms with Crippen LogP contribution in [0.15, 0.2) is 42.5 Å². The number of amides is 2. The highest BCUT2D eigenvalue weighted by Gasteiger charge is 2.30. The monoisotopic (exact) mass is 543 g/mol. The lowest BCUT2D eigenvalue weighted by molar-refractivity contribution is -0.139. The molecule has 0 fully saturated rings. The van der Waals surface area contributed by atoms with Crippen LogP contribution in [0.2, 0.25) is 10.0 Å². The van der Waals surface area contributed by atoms with Crippen LogP contribution in [0.3, 0.4) is 0 Å². The molecule has 0 aliphatic carbocycles. The summed E-state index contributed by atoms with van der Waals surface area (Å²) in [4.78, 5) is 27.6. The van der Waals surface area contributed by atoms with E-state index in [0.29, 0.717) is 33.7 Å². The van der Waals surface area contributed by atoms with E-state index in [-0.39, 0.29) is 18.5 Å². The number of anilines is 1. The van der Waals surface area contributed by atoms with E-state index in [0.717, 1.165) is 10.6 Å². The van der Waals surface area contributed by atoms with Crippen molar-refractivity contribution in [3.8, 4) is 5.75 Å². The standard InChI is InChI=1S/C24H31Cl2N3O5S/c1-6-34-21-11-9-20(10-12-21)29(35(5,32)33)15-23(30)28(17(4)24(31)27-16(2)3)14-18-7-8-19(25)13-22(18)26/h7-13,16-17H,6,14-15H2,1-5H3,(H,27,31)/t17-/m1/s1. The Morgan fingerprint density at radius 3 is 2.20 bits per heavy atom. The Bertz CT molecular complexity index is 1140. The summed E-state index contributed by atoms with van der Waals surface area (Å²) in [5, 5.41) is 3.55. The first-order chi connectivity index (χ1) is 16.3. The number of hydrogen-bond acceptors (Lipinski definition) is 5. The molecule has 0 spiro atoms. The summed E-state index contributed by atoms with van der Waals surface area (Å²) in [6, 6.07) is 10.2. The highest BCUT2D eigenvalue weighted by Crippen LogP contribution is 2.25. The van der Waals surface area contributed by atoms with Gasteiger partial charge in [-0.3, -0.25) is 13.9 Å². The third-order valence-corrected chi connectivity index (χ3v) is 6.80. The van der Waals surface area contributed by atoms with E-state index in [4.69, 9.17) is 27.9 Å². The van der Waals surface area contributed by atoms with Gasteiger partial charge in [0.2, 0.25) is 21.8 Å². The average Bonchev–Trinajstić information content (AvgIpc) is 2.76. The largest absolute Gasteiger partial charge is 0.494 e. The quantitative estimate of drug-likeness (QED) is 0.460. The molecule has 2 rings (SSSR count). The number of rotatable bonds is 11. The molecule has 0 unspecified atom stereocenters. The summed E-state index contributed by atoms with van der Waals surface area (Å²) in [7, 11) is -3.82. The minimum atomic E-state index is -3.82. The topological polar surface area (TPSA) is 96.0 Å². The Hall–Kier alpha value is -2.49. The van der Waals surface area contributed by atoms with E-state index < -0.39 is 28.5 Å². The van der Waals surface area contributed by atoms with E-state index in [1.807, 2.05) is 20.8 Å². The van der Waals surface area contributed by atoms with Crippen LogP contribution in [0.25, 0.3) is 0 Å². The van der Waals surface area contributed by atoms with Crippen LogP contribution in [0, 0.1) is 0 Å². The van der Waals surface area contributed by atoms with Crippen molar-refractivity contribution in [2.45, 2.75) is 46.3 Å². The number of benzene rings is 2. The summed E-state index contributed by atoms with van der Waals surface area (Å²) >= 11 is 12.3. The Balaban J connectivity index is 2.40. The predicted molar refractivity (Wildman–Crippen MR) is 140 cm³/mol. The SMILES string of the molecule is CCOc1ccc(N(CC(=O)N(Cc2ccc(Cl)cc2Cl)[C@H](C)C(=O)NC(C)C)S(C)(=O)=O)cc1. The molecule has 1 atom stereocenters. The molecule has 0 aliphatic rings. The molecule has 0 aliphatic heterocycles. The second-order valence-electron chi connectivity index (χ2n) is 8.29. The maximum atomic E-state index is 13.5. The van der Waals surface area contributed by atoms with Crippen LogP contribution in [-0.2, 0) is 26.2 Å². The molecule has 2 aromatic rings. The van der Waals surface area contributed by atoms with Gasteiger partial charge >= 0.3 is 0 Å². The molecule has 0 heterocycles. The maximum Gasteiger partial charge on any atom is 0.244 e. The summed E-state index contributed by atoms with van der Waals surface area (Å²) in [5.74, 6) is -0.360. The molecule has 0 radical (unpaired) electrons. The number of carbonyl (C=O) groups is 2. The lowest BCUT2D eigenvalue weighted by Crippen LogP contribution is -2.52. The third kappa shape index (κ3) is 8.30. The van der Waals surface area contributed by atoms with Crippen LogP contribution < -0.4 is 14.4 Å². The summed E-state index contributed by atoms with van der Waals surface area (Å²) in [6.07, 6.45) is 1.02. The molecule has 11 heteroatoms. The molecular formula is C24H31Cl2N3O5S. The van der Waals surface area contributed by atoms with Crippen molar-refractivity contribution in [1.29, 1.82) is 0 Å². The smallest absolute Gasteiger partial charge is 0.244 e. The number of carbonyl (C=O) groups excluding carboxylic acids is 2. The summed E-state index contributed by atoms with van der Waals surface area (Å²) in [6.45, 7) is 6.99. The van der Waals surface area contributed by atoms with E-state index in [1.54, 1.807) is 49.4 Å². The summed E-state index contributed by atoms with van der Waals surface area (Å²) in [5.41, 5.74) is 0.869. The zero-order chi connectivity index (χ0) is 26.3. The molecule has 35 heavy (non-hydrogen) atoms. The van der Waals surface area contributed by atoms with Gasteiger partial charge in [-0.1, -0.05) is 29.3 Å². The first-order valence-corrected chi connectivity index (χ1v) is 13.7. The van der Waals surface area contributed by atoms with Crippen LogP contribution in [0.5, 0.6) is 5.75 Å². The fraction of sp³-hybridized carbons (Fsp3) is 0.417. The van der Waals surface area contributed by atoms with Crippen LogP contribution >= 0.6 is 23.2 Å². The molecule has 8 nitrogen and oxygen atoms in total. The predicted octanol–water partition coefficient (Wildman–Crippen LogP) is 4.10. The molecule has 0 saturated heterocycles. The van der Waals surface area contributed by atoms with Crippen molar-refractivity contribution < 1.29 is 22.7 Å². The second kappa shape index (κ2) is 12.5. The van der Waals surface area contributed by atoms with E-state index in [2.05, 4.69) is 5.32 Å². The second-order valence-corrected chi connectivity index (χ2v) is 11.0. The first kappa shape index (κ1) is 28.7. The van der Waals surface area contributed by atoms with Gasteiger partial charge in [0.15, 0.2) is 0 Å². The maximum absolute atomic E-state index is 13.5. The van der Waals surface area contributed by atoms with Crippen LogP contribution in [-0.4, -0.2) is 56.6 Å². The lowest BCUT2D eigenvalue weighted by Gasteiger charge is -2.32. The molecule has 2 aromatic carbocycles. The number of sulfonamides is 1. The molecule has 0 saturated carbocycles. The third-order valence-electron chi connectivity index (χ3n) is 5.07. The molecule has 0 bridgehead atoms. The fourth-order valence-electron chi connectivity index (χ4n) is 3.31.